The molecule has 0 radical (unpaired) electrons. The zero-order valence-electron chi connectivity index (χ0n) is 25.4. The quantitative estimate of drug-likeness (QED) is 0.121. The van der Waals surface area contributed by atoms with Crippen molar-refractivity contribution in [2.75, 3.05) is 0 Å². The van der Waals surface area contributed by atoms with Crippen molar-refractivity contribution < 1.29 is 68.3 Å². The minimum absolute atomic E-state index is 0. The third-order valence-corrected chi connectivity index (χ3v) is 6.75. The van der Waals surface area contributed by atoms with Crippen LogP contribution >= 0.6 is 0 Å². The van der Waals surface area contributed by atoms with Crippen molar-refractivity contribution in [3.8, 4) is 0 Å². The van der Waals surface area contributed by atoms with E-state index >= 15 is 0 Å². The van der Waals surface area contributed by atoms with Crippen molar-refractivity contribution in [1.82, 2.24) is 0 Å². The Balaban J connectivity index is 0.000000688. The summed E-state index contributed by atoms with van der Waals surface area (Å²) in [5.74, 6) is 0.713. The van der Waals surface area contributed by atoms with Crippen molar-refractivity contribution in [3.05, 3.63) is 241 Å². The standard InChI is InChI=1S/C22H18.4C5H5.4Fe/c1-2-10-17(9-1)21(18-11-3-4-12-18)22(19-13-5-6-14-19)20-15-7-8-16-20;4*1-2-4-5-3-1;;;;/h1-16,21-22H;4*1-5H;;;;/q-8;4*-1;;;;. The predicted octanol–water partition coefficient (Wildman–Crippen LogP) is 11.1. The molecule has 8 aromatic carbocycles. The summed E-state index contributed by atoms with van der Waals surface area (Å²) in [4.78, 5) is 0. The Morgan fingerprint density at radius 3 is 0.761 bits per heavy atom. The molecule has 0 aliphatic carbocycles. The van der Waals surface area contributed by atoms with E-state index in [1.807, 2.05) is 121 Å². The van der Waals surface area contributed by atoms with E-state index < -0.39 is 0 Å². The smallest absolute Gasteiger partial charge is 0 e. The average Bonchev–Trinajstić information content (AvgIpc) is 3.93. The fraction of sp³-hybridized carbons (Fsp3) is 0.0476. The first-order chi connectivity index (χ1) is 20.9. The number of hydrogen-bond acceptors (Lipinski definition) is 0. The zero-order valence-corrected chi connectivity index (χ0v) is 29.8. The third-order valence-electron chi connectivity index (χ3n) is 6.75. The molecule has 0 saturated heterocycles. The van der Waals surface area contributed by atoms with Gasteiger partial charge in [-0.1, -0.05) is 0 Å². The van der Waals surface area contributed by atoms with Crippen molar-refractivity contribution >= 4 is 0 Å². The first-order valence-corrected chi connectivity index (χ1v) is 14.5. The summed E-state index contributed by atoms with van der Waals surface area (Å²) < 4.78 is 0. The topological polar surface area (TPSA) is 0 Å². The van der Waals surface area contributed by atoms with Crippen molar-refractivity contribution in [1.29, 1.82) is 0 Å². The van der Waals surface area contributed by atoms with E-state index in [0.717, 1.165) is 0 Å². The summed E-state index contributed by atoms with van der Waals surface area (Å²) in [6.07, 6.45) is 0. The maximum atomic E-state index is 2.25. The van der Waals surface area contributed by atoms with Crippen LogP contribution in [0.2, 0.25) is 0 Å². The summed E-state index contributed by atoms with van der Waals surface area (Å²) >= 11 is 0. The van der Waals surface area contributed by atoms with Crippen molar-refractivity contribution in [3.63, 3.8) is 0 Å². The van der Waals surface area contributed by atoms with Gasteiger partial charge in [0.05, 0.1) is 0 Å². The molecule has 0 heterocycles. The van der Waals surface area contributed by atoms with Crippen LogP contribution in [0.1, 0.15) is 34.1 Å². The monoisotopic (exact) mass is 766 g/mol. The summed E-state index contributed by atoms with van der Waals surface area (Å²) in [5.41, 5.74) is 5.55. The van der Waals surface area contributed by atoms with Gasteiger partial charge in [0.15, 0.2) is 0 Å². The maximum absolute atomic E-state index is 2.25. The van der Waals surface area contributed by atoms with Crippen LogP contribution in [0.25, 0.3) is 0 Å². The Labute approximate surface area is 318 Å². The Bertz CT molecular complexity index is 1220. The Morgan fingerprint density at radius 1 is 0.304 bits per heavy atom. The van der Waals surface area contributed by atoms with Gasteiger partial charge in [-0.2, -0.15) is 126 Å². The van der Waals surface area contributed by atoms with E-state index in [1.54, 1.807) is 0 Å². The molecule has 0 atom stereocenters. The molecule has 46 heavy (non-hydrogen) atoms. The van der Waals surface area contributed by atoms with Crippen LogP contribution < -0.4 is 0 Å². The van der Waals surface area contributed by atoms with Gasteiger partial charge in [0.2, 0.25) is 0 Å². The van der Waals surface area contributed by atoms with Gasteiger partial charge in [0.1, 0.15) is 0 Å². The van der Waals surface area contributed by atoms with E-state index in [1.165, 1.54) is 22.3 Å². The molecule has 0 unspecified atom stereocenters. The summed E-state index contributed by atoms with van der Waals surface area (Å²) in [5, 5.41) is 0. The second-order valence-electron chi connectivity index (χ2n) is 9.68. The van der Waals surface area contributed by atoms with Crippen molar-refractivity contribution in [2.24, 2.45) is 0 Å². The molecule has 0 aromatic heterocycles. The number of hydrogen-bond donors (Lipinski definition) is 0. The van der Waals surface area contributed by atoms with E-state index in [0.29, 0.717) is 11.8 Å². The van der Waals surface area contributed by atoms with Crippen LogP contribution in [-0.2, 0) is 68.3 Å². The Kier molecular flexibility index (Phi) is 25.2. The zero-order chi connectivity index (χ0) is 28.9. The molecule has 0 N–H and O–H groups in total. The Hall–Kier alpha value is -3.12. The molecule has 0 saturated carbocycles. The van der Waals surface area contributed by atoms with Crippen LogP contribution in [0.5, 0.6) is 0 Å². The van der Waals surface area contributed by atoms with Gasteiger partial charge >= 0.3 is 0 Å². The fourth-order valence-corrected chi connectivity index (χ4v) is 4.82. The van der Waals surface area contributed by atoms with Gasteiger partial charge in [-0.3, -0.25) is 0 Å². The van der Waals surface area contributed by atoms with Crippen LogP contribution in [0.4, 0.5) is 0 Å². The minimum atomic E-state index is 0. The van der Waals surface area contributed by atoms with Gasteiger partial charge in [0, 0.05) is 68.3 Å². The third kappa shape index (κ3) is 15.4. The first kappa shape index (κ1) is 42.9. The first-order valence-electron chi connectivity index (χ1n) is 14.5. The van der Waals surface area contributed by atoms with Crippen LogP contribution in [0, 0.1) is 0 Å². The summed E-state index contributed by atoms with van der Waals surface area (Å²) in [6, 6.07) is 75.1. The molecule has 0 spiro atoms. The molecule has 0 bridgehead atoms. The molecule has 0 amide bonds. The fourth-order valence-electron chi connectivity index (χ4n) is 4.82. The van der Waals surface area contributed by atoms with Gasteiger partial charge in [-0.15, -0.1) is 5.92 Å². The number of rotatable bonds is 5. The predicted molar refractivity (Wildman–Crippen MR) is 180 cm³/mol. The van der Waals surface area contributed by atoms with Crippen LogP contribution in [0.3, 0.4) is 0 Å². The molecule has 0 nitrogen and oxygen atoms in total. The minimum Gasteiger partial charge on any atom is -0.748 e. The van der Waals surface area contributed by atoms with Crippen LogP contribution in [0.15, 0.2) is 218 Å². The SMILES string of the molecule is [Fe].[Fe].[Fe].[Fe].c1cc[c-](C([c-]2cccc2)C([c-]2cccc2)[c-]2[cH-][cH-][cH-][cH-]2)c1.c1cc[cH-]c1.c1cc[cH-]c1.c1cc[cH-]c1.c1cc[cH-]c1. The second-order valence-corrected chi connectivity index (χ2v) is 9.68. The second kappa shape index (κ2) is 27.0. The molecular weight excluding hydrogens is 728 g/mol. The van der Waals surface area contributed by atoms with Gasteiger partial charge < -0.3 is 29.8 Å². The van der Waals surface area contributed by atoms with Gasteiger partial charge in [-0.05, 0) is 0 Å². The molecule has 0 aliphatic rings. The Morgan fingerprint density at radius 2 is 0.543 bits per heavy atom. The van der Waals surface area contributed by atoms with E-state index in [9.17, 15) is 0 Å². The molecular formula is C42H38Fe4-12. The van der Waals surface area contributed by atoms with Crippen LogP contribution in [-0.4, -0.2) is 0 Å². The molecule has 250 valence electrons. The molecule has 8 rings (SSSR count). The summed E-state index contributed by atoms with van der Waals surface area (Å²) in [7, 11) is 0. The van der Waals surface area contributed by atoms with E-state index in [2.05, 4.69) is 97.1 Å². The van der Waals surface area contributed by atoms with Crippen molar-refractivity contribution in [2.45, 2.75) is 11.8 Å². The molecule has 0 fully saturated rings. The molecule has 4 heteroatoms. The average molecular weight is 766 g/mol. The maximum Gasteiger partial charge on any atom is 0 e. The van der Waals surface area contributed by atoms with E-state index in [-0.39, 0.29) is 68.3 Å². The molecule has 8 aromatic rings. The normalized spacial score (nSPS) is 9.59. The van der Waals surface area contributed by atoms with Gasteiger partial charge in [0.25, 0.3) is 0 Å². The van der Waals surface area contributed by atoms with E-state index in [4.69, 9.17) is 0 Å². The molecule has 0 aliphatic heterocycles. The van der Waals surface area contributed by atoms with Gasteiger partial charge in [-0.25, -0.2) is 90.8 Å². The largest absolute Gasteiger partial charge is 0.748 e. The summed E-state index contributed by atoms with van der Waals surface area (Å²) in [6.45, 7) is 0.